The molecule has 3 aliphatic carbocycles. The van der Waals surface area contributed by atoms with Crippen molar-refractivity contribution in [1.82, 2.24) is 5.01 Å². The zero-order valence-corrected chi connectivity index (χ0v) is 15.8. The van der Waals surface area contributed by atoms with Gasteiger partial charge in [0.2, 0.25) is 0 Å². The van der Waals surface area contributed by atoms with Crippen molar-refractivity contribution in [1.29, 1.82) is 0 Å². The highest BCUT2D eigenvalue weighted by atomic mass is 79.9. The van der Waals surface area contributed by atoms with Crippen LogP contribution in [0, 0.1) is 23.7 Å². The van der Waals surface area contributed by atoms with Crippen LogP contribution in [0.15, 0.2) is 52.6 Å². The van der Waals surface area contributed by atoms with Crippen LogP contribution in [0.25, 0.3) is 0 Å². The van der Waals surface area contributed by atoms with E-state index >= 15 is 0 Å². The molecule has 1 aromatic carbocycles. The average molecular weight is 415 g/mol. The third kappa shape index (κ3) is 2.82. The molecule has 134 valence electrons. The number of rotatable bonds is 5. The van der Waals surface area contributed by atoms with E-state index in [0.29, 0.717) is 17.9 Å². The number of hydrogen-bond donors (Lipinski definition) is 0. The lowest BCUT2D eigenvalue weighted by molar-refractivity contribution is -0.140. The maximum atomic E-state index is 12.8. The summed E-state index contributed by atoms with van der Waals surface area (Å²) < 4.78 is 6.48. The standard InChI is InChI=1S/C20H19BrN2O3/c1-2-9-26-16-8-7-15(21)10-14(16)11-22-23-19(24)17-12-3-4-13(6-5-12)18(17)20(23)25/h2-4,7-8,10-13,17-18H,1,5-6,9H2/b22-11-/t12-,13+,17-,18+. The van der Waals surface area contributed by atoms with Crippen LogP contribution < -0.4 is 4.74 Å². The molecule has 2 fully saturated rings. The van der Waals surface area contributed by atoms with Crippen LogP contribution in [0.2, 0.25) is 0 Å². The fourth-order valence-corrected chi connectivity index (χ4v) is 4.57. The lowest BCUT2D eigenvalue weighted by Gasteiger charge is -2.37. The normalized spacial score (nSPS) is 29.5. The van der Waals surface area contributed by atoms with E-state index in [2.05, 4.69) is 39.8 Å². The van der Waals surface area contributed by atoms with Crippen molar-refractivity contribution in [2.75, 3.05) is 6.61 Å². The molecule has 1 saturated heterocycles. The fourth-order valence-electron chi connectivity index (χ4n) is 4.19. The maximum Gasteiger partial charge on any atom is 0.254 e. The van der Waals surface area contributed by atoms with Gasteiger partial charge in [-0.1, -0.05) is 40.7 Å². The molecule has 4 atom stereocenters. The topological polar surface area (TPSA) is 59.0 Å². The smallest absolute Gasteiger partial charge is 0.254 e. The average Bonchev–Trinajstić information content (AvgIpc) is 2.93. The Kier molecular flexibility index (Phi) is 4.53. The Balaban J connectivity index is 1.60. The van der Waals surface area contributed by atoms with E-state index in [1.165, 1.54) is 6.21 Å². The number of carbonyl (C=O) groups excluding carboxylic acids is 2. The Morgan fingerprint density at radius 2 is 1.85 bits per heavy atom. The molecule has 1 saturated carbocycles. The van der Waals surface area contributed by atoms with Gasteiger partial charge in [0, 0.05) is 10.0 Å². The fraction of sp³-hybridized carbons (Fsp3) is 0.350. The van der Waals surface area contributed by atoms with Crippen LogP contribution in [0.4, 0.5) is 0 Å². The summed E-state index contributed by atoms with van der Waals surface area (Å²) in [6.07, 6.45) is 9.33. The van der Waals surface area contributed by atoms with Gasteiger partial charge in [0.15, 0.2) is 0 Å². The second-order valence-corrected chi connectivity index (χ2v) is 7.77. The number of allylic oxidation sites excluding steroid dienone is 2. The molecule has 5 rings (SSSR count). The predicted molar refractivity (Wildman–Crippen MR) is 102 cm³/mol. The number of nitrogens with zero attached hydrogens (tertiary/aromatic N) is 2. The molecule has 1 aliphatic heterocycles. The van der Waals surface area contributed by atoms with E-state index in [0.717, 1.165) is 22.3 Å². The van der Waals surface area contributed by atoms with E-state index in [4.69, 9.17) is 4.74 Å². The Hall–Kier alpha value is -2.21. The summed E-state index contributed by atoms with van der Waals surface area (Å²) in [4.78, 5) is 25.6. The van der Waals surface area contributed by atoms with Crippen LogP contribution in [0.5, 0.6) is 5.75 Å². The summed E-state index contributed by atoms with van der Waals surface area (Å²) in [5, 5.41) is 5.30. The minimum Gasteiger partial charge on any atom is -0.489 e. The third-order valence-electron chi connectivity index (χ3n) is 5.38. The van der Waals surface area contributed by atoms with Crippen molar-refractivity contribution in [2.45, 2.75) is 12.8 Å². The summed E-state index contributed by atoms with van der Waals surface area (Å²) in [6, 6.07) is 5.51. The van der Waals surface area contributed by atoms with Crippen molar-refractivity contribution >= 4 is 34.0 Å². The van der Waals surface area contributed by atoms with E-state index in [1.54, 1.807) is 6.08 Å². The van der Waals surface area contributed by atoms with Crippen LogP contribution in [0.1, 0.15) is 18.4 Å². The second kappa shape index (κ2) is 6.83. The zero-order chi connectivity index (χ0) is 18.3. The minimum atomic E-state index is -0.248. The van der Waals surface area contributed by atoms with Gasteiger partial charge in [-0.05, 0) is 42.9 Å². The first-order valence-electron chi connectivity index (χ1n) is 8.73. The van der Waals surface area contributed by atoms with Crippen molar-refractivity contribution in [3.8, 4) is 5.75 Å². The van der Waals surface area contributed by atoms with Crippen molar-refractivity contribution < 1.29 is 14.3 Å². The monoisotopic (exact) mass is 414 g/mol. The summed E-state index contributed by atoms with van der Waals surface area (Å²) in [5.74, 6) is 0.0932. The highest BCUT2D eigenvalue weighted by Gasteiger charge is 2.56. The number of hydrazone groups is 1. The van der Waals surface area contributed by atoms with Crippen LogP contribution in [-0.2, 0) is 9.59 Å². The largest absolute Gasteiger partial charge is 0.489 e. The van der Waals surface area contributed by atoms with Gasteiger partial charge >= 0.3 is 0 Å². The molecule has 4 aliphatic rings. The number of ether oxygens (including phenoxy) is 1. The molecule has 0 aromatic heterocycles. The zero-order valence-electron chi connectivity index (χ0n) is 14.2. The SMILES string of the molecule is C=CCOc1ccc(Br)cc1/C=N\N1C(=O)[C@@H]2[C@H](C1=O)[C@@H]1C=C[C@H]2CC1. The number of halogens is 1. The molecule has 0 N–H and O–H groups in total. The first-order valence-corrected chi connectivity index (χ1v) is 9.53. The van der Waals surface area contributed by atoms with Crippen molar-refractivity contribution in [2.24, 2.45) is 28.8 Å². The van der Waals surface area contributed by atoms with Gasteiger partial charge < -0.3 is 4.74 Å². The van der Waals surface area contributed by atoms with Gasteiger partial charge in [0.1, 0.15) is 12.4 Å². The second-order valence-electron chi connectivity index (χ2n) is 6.86. The molecule has 6 heteroatoms. The Bertz CT molecular complexity index is 800. The molecule has 0 radical (unpaired) electrons. The summed E-state index contributed by atoms with van der Waals surface area (Å²) >= 11 is 3.42. The number of carbonyl (C=O) groups is 2. The number of benzene rings is 1. The molecule has 2 amide bonds. The Labute approximate surface area is 160 Å². The molecule has 1 heterocycles. The minimum absolute atomic E-state index is 0.166. The van der Waals surface area contributed by atoms with E-state index in [1.807, 2.05) is 18.2 Å². The lowest BCUT2D eigenvalue weighted by Crippen LogP contribution is -2.38. The molecular formula is C20H19BrN2O3. The van der Waals surface area contributed by atoms with Crippen molar-refractivity contribution in [3.63, 3.8) is 0 Å². The number of fused-ring (bicyclic) bond motifs is 1. The summed E-state index contributed by atoms with van der Waals surface area (Å²) in [6.45, 7) is 4.01. The highest BCUT2D eigenvalue weighted by Crippen LogP contribution is 2.49. The maximum absolute atomic E-state index is 12.8. The molecule has 5 nitrogen and oxygen atoms in total. The summed E-state index contributed by atoms with van der Waals surface area (Å²) in [5.41, 5.74) is 0.692. The molecule has 0 unspecified atom stereocenters. The van der Waals surface area contributed by atoms with Gasteiger partial charge in [-0.3, -0.25) is 9.59 Å². The highest BCUT2D eigenvalue weighted by molar-refractivity contribution is 9.10. The van der Waals surface area contributed by atoms with E-state index in [-0.39, 0.29) is 35.5 Å². The van der Waals surface area contributed by atoms with Crippen molar-refractivity contribution in [3.05, 3.63) is 53.0 Å². The first kappa shape index (κ1) is 17.2. The van der Waals surface area contributed by atoms with Crippen LogP contribution >= 0.6 is 15.9 Å². The van der Waals surface area contributed by atoms with Crippen LogP contribution in [-0.4, -0.2) is 29.6 Å². The van der Waals surface area contributed by atoms with Crippen LogP contribution in [0.3, 0.4) is 0 Å². The lowest BCUT2D eigenvalue weighted by atomic mass is 9.63. The molecule has 2 bridgehead atoms. The molecule has 0 spiro atoms. The van der Waals surface area contributed by atoms with E-state index < -0.39 is 0 Å². The van der Waals surface area contributed by atoms with Gasteiger partial charge in [-0.15, -0.1) is 0 Å². The number of hydrogen-bond acceptors (Lipinski definition) is 4. The Morgan fingerprint density at radius 1 is 1.19 bits per heavy atom. The quantitative estimate of drug-likeness (QED) is 0.420. The molecular weight excluding hydrogens is 396 g/mol. The van der Waals surface area contributed by atoms with Gasteiger partial charge in [-0.2, -0.15) is 10.1 Å². The number of imide groups is 1. The van der Waals surface area contributed by atoms with Gasteiger partial charge in [0.05, 0.1) is 18.1 Å². The Morgan fingerprint density at radius 3 is 2.42 bits per heavy atom. The molecule has 1 aromatic rings. The predicted octanol–water partition coefficient (Wildman–Crippen LogP) is 3.55. The van der Waals surface area contributed by atoms with Gasteiger partial charge in [-0.25, -0.2) is 0 Å². The van der Waals surface area contributed by atoms with E-state index in [9.17, 15) is 9.59 Å². The van der Waals surface area contributed by atoms with Gasteiger partial charge in [0.25, 0.3) is 11.8 Å². The first-order chi connectivity index (χ1) is 12.6. The summed E-state index contributed by atoms with van der Waals surface area (Å²) in [7, 11) is 0. The third-order valence-corrected chi connectivity index (χ3v) is 5.87. The number of amides is 2. The molecule has 26 heavy (non-hydrogen) atoms.